The Balaban J connectivity index is 2.24. The van der Waals surface area contributed by atoms with Crippen LogP contribution in [0.2, 0.25) is 0 Å². The van der Waals surface area contributed by atoms with E-state index in [9.17, 15) is 4.79 Å². The van der Waals surface area contributed by atoms with Gasteiger partial charge in [-0.2, -0.15) is 0 Å². The van der Waals surface area contributed by atoms with Crippen molar-refractivity contribution in [3.8, 4) is 0 Å². The van der Waals surface area contributed by atoms with E-state index in [1.165, 1.54) is 0 Å². The first-order valence-corrected chi connectivity index (χ1v) is 6.23. The standard InChI is InChI=1S/C13H11IN2O/c1-9-6-7-15-8-12(9)16-13(17)10-4-2-3-5-11(10)14/h2-8H,1H3,(H,16,17). The fraction of sp³-hybridized carbons (Fsp3) is 0.0769. The summed E-state index contributed by atoms with van der Waals surface area (Å²) in [6.07, 6.45) is 3.36. The molecule has 0 bridgehead atoms. The highest BCUT2D eigenvalue weighted by molar-refractivity contribution is 14.1. The van der Waals surface area contributed by atoms with Crippen molar-refractivity contribution in [3.05, 3.63) is 57.4 Å². The van der Waals surface area contributed by atoms with Crippen LogP contribution in [0.3, 0.4) is 0 Å². The highest BCUT2D eigenvalue weighted by atomic mass is 127. The third-order valence-electron chi connectivity index (χ3n) is 2.41. The SMILES string of the molecule is Cc1ccncc1NC(=O)c1ccccc1I. The van der Waals surface area contributed by atoms with Gasteiger partial charge in [0.05, 0.1) is 17.4 Å². The number of halogens is 1. The van der Waals surface area contributed by atoms with Crippen LogP contribution >= 0.6 is 22.6 Å². The summed E-state index contributed by atoms with van der Waals surface area (Å²) < 4.78 is 0.934. The average molecular weight is 338 g/mol. The van der Waals surface area contributed by atoms with E-state index in [0.717, 1.165) is 14.8 Å². The van der Waals surface area contributed by atoms with E-state index in [2.05, 4.69) is 32.9 Å². The van der Waals surface area contributed by atoms with Gasteiger partial charge in [0, 0.05) is 9.77 Å². The minimum atomic E-state index is -0.105. The van der Waals surface area contributed by atoms with Crippen LogP contribution in [-0.4, -0.2) is 10.9 Å². The molecule has 1 amide bonds. The zero-order chi connectivity index (χ0) is 12.3. The summed E-state index contributed by atoms with van der Waals surface area (Å²) in [5, 5.41) is 2.86. The fourth-order valence-corrected chi connectivity index (χ4v) is 2.06. The quantitative estimate of drug-likeness (QED) is 0.854. The molecular weight excluding hydrogens is 327 g/mol. The number of benzene rings is 1. The second-order valence-corrected chi connectivity index (χ2v) is 4.79. The maximum absolute atomic E-state index is 12.0. The van der Waals surface area contributed by atoms with Crippen molar-refractivity contribution in [2.75, 3.05) is 5.32 Å². The zero-order valence-corrected chi connectivity index (χ0v) is 11.4. The summed E-state index contributed by atoms with van der Waals surface area (Å²) in [5.74, 6) is -0.105. The topological polar surface area (TPSA) is 42.0 Å². The first-order valence-electron chi connectivity index (χ1n) is 5.15. The second kappa shape index (κ2) is 5.27. The highest BCUT2D eigenvalue weighted by Crippen LogP contribution is 2.16. The number of nitrogens with one attached hydrogen (secondary N) is 1. The van der Waals surface area contributed by atoms with Gasteiger partial charge in [-0.3, -0.25) is 9.78 Å². The summed E-state index contributed by atoms with van der Waals surface area (Å²) >= 11 is 2.15. The van der Waals surface area contributed by atoms with E-state index >= 15 is 0 Å². The van der Waals surface area contributed by atoms with E-state index < -0.39 is 0 Å². The van der Waals surface area contributed by atoms with Crippen molar-refractivity contribution in [1.29, 1.82) is 0 Å². The van der Waals surface area contributed by atoms with Gasteiger partial charge in [-0.25, -0.2) is 0 Å². The molecule has 1 aromatic heterocycles. The van der Waals surface area contributed by atoms with Gasteiger partial charge in [0.2, 0.25) is 0 Å². The Morgan fingerprint density at radius 1 is 1.29 bits per heavy atom. The van der Waals surface area contributed by atoms with Crippen molar-refractivity contribution in [2.45, 2.75) is 6.92 Å². The fourth-order valence-electron chi connectivity index (χ4n) is 1.43. The summed E-state index contributed by atoms with van der Waals surface area (Å²) in [5.41, 5.74) is 2.42. The average Bonchev–Trinajstić information content (AvgIpc) is 2.32. The van der Waals surface area contributed by atoms with Crippen molar-refractivity contribution >= 4 is 34.2 Å². The third-order valence-corrected chi connectivity index (χ3v) is 3.35. The van der Waals surface area contributed by atoms with Gasteiger partial charge in [0.1, 0.15) is 0 Å². The lowest BCUT2D eigenvalue weighted by Gasteiger charge is -2.08. The molecule has 0 aliphatic rings. The number of amides is 1. The Labute approximate surface area is 113 Å². The molecular formula is C13H11IN2O. The molecule has 0 unspecified atom stereocenters. The second-order valence-electron chi connectivity index (χ2n) is 3.62. The molecule has 3 nitrogen and oxygen atoms in total. The van der Waals surface area contributed by atoms with E-state index in [0.29, 0.717) is 5.56 Å². The van der Waals surface area contributed by atoms with Crippen LogP contribution in [0.5, 0.6) is 0 Å². The monoisotopic (exact) mass is 338 g/mol. The van der Waals surface area contributed by atoms with E-state index in [1.807, 2.05) is 37.3 Å². The number of anilines is 1. The summed E-state index contributed by atoms with van der Waals surface area (Å²) in [4.78, 5) is 16.0. The number of aromatic nitrogens is 1. The van der Waals surface area contributed by atoms with E-state index in [-0.39, 0.29) is 5.91 Å². The molecule has 4 heteroatoms. The lowest BCUT2D eigenvalue weighted by atomic mass is 10.2. The number of hydrogen-bond donors (Lipinski definition) is 1. The molecule has 0 saturated heterocycles. The Morgan fingerprint density at radius 3 is 2.76 bits per heavy atom. The van der Waals surface area contributed by atoms with Crippen LogP contribution in [0.25, 0.3) is 0 Å². The molecule has 0 aliphatic heterocycles. The normalized spacial score (nSPS) is 10.0. The number of nitrogens with zero attached hydrogens (tertiary/aromatic N) is 1. The number of aryl methyl sites for hydroxylation is 1. The van der Waals surface area contributed by atoms with Gasteiger partial charge in [-0.1, -0.05) is 12.1 Å². The predicted octanol–water partition coefficient (Wildman–Crippen LogP) is 3.25. The van der Waals surface area contributed by atoms with Crippen LogP contribution in [-0.2, 0) is 0 Å². The molecule has 0 atom stereocenters. The molecule has 0 fully saturated rings. The minimum Gasteiger partial charge on any atom is -0.320 e. The van der Waals surface area contributed by atoms with E-state index in [1.54, 1.807) is 12.4 Å². The number of carbonyl (C=O) groups is 1. The van der Waals surface area contributed by atoms with Crippen molar-refractivity contribution < 1.29 is 4.79 Å². The number of rotatable bonds is 2. The smallest absolute Gasteiger partial charge is 0.256 e. The number of hydrogen-bond acceptors (Lipinski definition) is 2. The Morgan fingerprint density at radius 2 is 2.06 bits per heavy atom. The molecule has 0 radical (unpaired) electrons. The first kappa shape index (κ1) is 12.0. The van der Waals surface area contributed by atoms with Gasteiger partial charge in [-0.15, -0.1) is 0 Å². The molecule has 0 spiro atoms. The van der Waals surface area contributed by atoms with Gasteiger partial charge in [-0.05, 0) is 53.3 Å². The molecule has 0 saturated carbocycles. The molecule has 86 valence electrons. The predicted molar refractivity (Wildman–Crippen MR) is 76.1 cm³/mol. The highest BCUT2D eigenvalue weighted by Gasteiger charge is 2.10. The minimum absolute atomic E-state index is 0.105. The van der Waals surface area contributed by atoms with Crippen LogP contribution < -0.4 is 5.32 Å². The lowest BCUT2D eigenvalue weighted by Crippen LogP contribution is -2.14. The molecule has 2 rings (SSSR count). The summed E-state index contributed by atoms with van der Waals surface area (Å²) in [7, 11) is 0. The molecule has 0 aliphatic carbocycles. The Bertz CT molecular complexity index is 555. The van der Waals surface area contributed by atoms with Gasteiger partial charge < -0.3 is 5.32 Å². The first-order chi connectivity index (χ1) is 8.18. The molecule has 1 aromatic carbocycles. The number of pyridine rings is 1. The zero-order valence-electron chi connectivity index (χ0n) is 9.27. The van der Waals surface area contributed by atoms with Crippen molar-refractivity contribution in [1.82, 2.24) is 4.98 Å². The lowest BCUT2D eigenvalue weighted by molar-refractivity contribution is 0.102. The number of carbonyl (C=O) groups excluding carboxylic acids is 1. The molecule has 1 heterocycles. The van der Waals surface area contributed by atoms with Crippen LogP contribution in [0.4, 0.5) is 5.69 Å². The van der Waals surface area contributed by atoms with E-state index in [4.69, 9.17) is 0 Å². The van der Waals surface area contributed by atoms with Crippen molar-refractivity contribution in [2.24, 2.45) is 0 Å². The maximum atomic E-state index is 12.0. The van der Waals surface area contributed by atoms with Gasteiger partial charge in [0.25, 0.3) is 5.91 Å². The molecule has 2 aromatic rings. The Kier molecular flexibility index (Phi) is 3.73. The third kappa shape index (κ3) is 2.82. The molecule has 1 N–H and O–H groups in total. The van der Waals surface area contributed by atoms with Crippen LogP contribution in [0, 0.1) is 10.5 Å². The summed E-state index contributed by atoms with van der Waals surface area (Å²) in [6.45, 7) is 1.94. The van der Waals surface area contributed by atoms with Gasteiger partial charge >= 0.3 is 0 Å². The largest absolute Gasteiger partial charge is 0.320 e. The Hall–Kier alpha value is -1.43. The van der Waals surface area contributed by atoms with Crippen LogP contribution in [0.1, 0.15) is 15.9 Å². The van der Waals surface area contributed by atoms with Gasteiger partial charge in [0.15, 0.2) is 0 Å². The maximum Gasteiger partial charge on any atom is 0.256 e. The van der Waals surface area contributed by atoms with Crippen LogP contribution in [0.15, 0.2) is 42.7 Å². The van der Waals surface area contributed by atoms with Crippen molar-refractivity contribution in [3.63, 3.8) is 0 Å². The summed E-state index contributed by atoms with van der Waals surface area (Å²) in [6, 6.07) is 9.35. The molecule has 17 heavy (non-hydrogen) atoms.